The van der Waals surface area contributed by atoms with Gasteiger partial charge in [-0.3, -0.25) is 14.5 Å². The Morgan fingerprint density at radius 2 is 2.00 bits per heavy atom. The average molecular weight is 375 g/mol. The lowest BCUT2D eigenvalue weighted by atomic mass is 9.78. The van der Waals surface area contributed by atoms with E-state index in [0.29, 0.717) is 0 Å². The Morgan fingerprint density at radius 3 is 2.86 bits per heavy atom. The Morgan fingerprint density at radius 1 is 1.21 bits per heavy atom. The van der Waals surface area contributed by atoms with Crippen LogP contribution in [0.3, 0.4) is 0 Å². The molecule has 2 N–H and O–H groups in total. The van der Waals surface area contributed by atoms with E-state index in [0.717, 1.165) is 54.7 Å². The molecule has 2 saturated heterocycles. The number of nitrogens with one attached hydrogen (secondary N) is 2. The van der Waals surface area contributed by atoms with Crippen molar-refractivity contribution >= 4 is 23.2 Å². The molecular weight excluding hydrogens is 350 g/mol. The first-order chi connectivity index (χ1) is 13.7. The van der Waals surface area contributed by atoms with E-state index >= 15 is 0 Å². The molecule has 0 radical (unpaired) electrons. The minimum absolute atomic E-state index is 0.0536. The number of hydrogen-bond donors (Lipinski definition) is 2. The van der Waals surface area contributed by atoms with Crippen LogP contribution in [0.4, 0.5) is 11.4 Å². The zero-order valence-corrected chi connectivity index (χ0v) is 16.1. The maximum atomic E-state index is 13.5. The number of hydrogen-bond acceptors (Lipinski definition) is 3. The lowest BCUT2D eigenvalue weighted by Crippen LogP contribution is -2.53. The molecule has 0 aromatic heterocycles. The lowest BCUT2D eigenvalue weighted by Gasteiger charge is -2.36. The van der Waals surface area contributed by atoms with Gasteiger partial charge in [-0.25, -0.2) is 0 Å². The van der Waals surface area contributed by atoms with Crippen LogP contribution in [0.2, 0.25) is 0 Å². The molecule has 2 fully saturated rings. The normalized spacial score (nSPS) is 28.2. The first-order valence-electron chi connectivity index (χ1n) is 10.2. The Kier molecular flexibility index (Phi) is 4.02. The molecule has 3 unspecified atom stereocenters. The second kappa shape index (κ2) is 6.45. The minimum Gasteiger partial charge on any atom is -0.326 e. The van der Waals surface area contributed by atoms with Crippen molar-refractivity contribution in [2.45, 2.75) is 44.2 Å². The van der Waals surface area contributed by atoms with E-state index in [1.54, 1.807) is 0 Å². The summed E-state index contributed by atoms with van der Waals surface area (Å²) in [7, 11) is 0. The van der Waals surface area contributed by atoms with E-state index in [1.165, 1.54) is 0 Å². The number of benzene rings is 2. The summed E-state index contributed by atoms with van der Waals surface area (Å²) in [5, 5.41) is 6.20. The van der Waals surface area contributed by atoms with Gasteiger partial charge in [0.05, 0.1) is 5.92 Å². The number of rotatable bonds is 3. The van der Waals surface area contributed by atoms with Crippen LogP contribution < -0.4 is 10.6 Å². The van der Waals surface area contributed by atoms with Crippen molar-refractivity contribution in [3.8, 4) is 0 Å². The van der Waals surface area contributed by atoms with Crippen LogP contribution >= 0.6 is 0 Å². The van der Waals surface area contributed by atoms with Crippen LogP contribution in [-0.4, -0.2) is 29.3 Å². The van der Waals surface area contributed by atoms with E-state index in [-0.39, 0.29) is 17.9 Å². The zero-order valence-electron chi connectivity index (χ0n) is 16.1. The molecule has 28 heavy (non-hydrogen) atoms. The molecule has 0 saturated carbocycles. The van der Waals surface area contributed by atoms with Crippen LogP contribution in [0.5, 0.6) is 0 Å². The molecule has 3 atom stereocenters. The first kappa shape index (κ1) is 17.4. The van der Waals surface area contributed by atoms with Crippen molar-refractivity contribution in [3.63, 3.8) is 0 Å². The van der Waals surface area contributed by atoms with E-state index < -0.39 is 11.5 Å². The van der Waals surface area contributed by atoms with Crippen LogP contribution in [-0.2, 0) is 21.5 Å². The number of carbonyl (C=O) groups is 2. The molecule has 1 spiro atoms. The molecule has 5 heteroatoms. The molecule has 2 aromatic rings. The fourth-order valence-electron chi connectivity index (χ4n) is 5.55. The summed E-state index contributed by atoms with van der Waals surface area (Å²) in [6.07, 6.45) is 3.70. The van der Waals surface area contributed by atoms with Crippen molar-refractivity contribution in [1.82, 2.24) is 4.90 Å². The molecule has 3 heterocycles. The number of amides is 2. The maximum Gasteiger partial charge on any atom is 0.250 e. The molecular formula is C23H25N3O2. The maximum absolute atomic E-state index is 13.5. The summed E-state index contributed by atoms with van der Waals surface area (Å²) in [6, 6.07) is 16.0. The smallest absolute Gasteiger partial charge is 0.250 e. The average Bonchev–Trinajstić information content (AvgIpc) is 3.37. The molecule has 0 bridgehead atoms. The summed E-state index contributed by atoms with van der Waals surface area (Å²) < 4.78 is 0. The van der Waals surface area contributed by atoms with Crippen LogP contribution in [0, 0.1) is 5.92 Å². The summed E-state index contributed by atoms with van der Waals surface area (Å²) in [6.45, 7) is 2.94. The Balaban J connectivity index is 1.57. The Bertz CT molecular complexity index is 956. The highest BCUT2D eigenvalue weighted by molar-refractivity contribution is 6.10. The number of para-hydroxylation sites is 2. The fourth-order valence-corrected chi connectivity index (χ4v) is 5.55. The molecule has 3 aliphatic rings. The predicted octanol–water partition coefficient (Wildman–Crippen LogP) is 3.52. The van der Waals surface area contributed by atoms with Crippen molar-refractivity contribution in [3.05, 3.63) is 59.7 Å². The number of carbonyl (C=O) groups excluding carboxylic acids is 2. The van der Waals surface area contributed by atoms with E-state index in [9.17, 15) is 9.59 Å². The second-order valence-corrected chi connectivity index (χ2v) is 8.04. The Labute approximate surface area is 165 Å². The Hall–Kier alpha value is -2.66. The number of aryl methyl sites for hydroxylation is 1. The summed E-state index contributed by atoms with van der Waals surface area (Å²) in [5.74, 6) is -0.504. The zero-order chi connectivity index (χ0) is 19.3. The lowest BCUT2D eigenvalue weighted by molar-refractivity contribution is -0.135. The van der Waals surface area contributed by atoms with E-state index in [4.69, 9.17) is 0 Å². The van der Waals surface area contributed by atoms with Crippen molar-refractivity contribution in [2.24, 2.45) is 5.92 Å². The van der Waals surface area contributed by atoms with Gasteiger partial charge in [-0.2, -0.15) is 0 Å². The van der Waals surface area contributed by atoms with E-state index in [1.807, 2.05) is 48.5 Å². The predicted molar refractivity (Wildman–Crippen MR) is 109 cm³/mol. The fraction of sp³-hybridized carbons (Fsp3) is 0.391. The number of nitrogens with zero attached hydrogens (tertiary/aromatic N) is 1. The quantitative estimate of drug-likeness (QED) is 0.863. The highest BCUT2D eigenvalue weighted by Crippen LogP contribution is 2.55. The van der Waals surface area contributed by atoms with Crippen LogP contribution in [0.15, 0.2) is 48.5 Å². The molecule has 5 nitrogen and oxygen atoms in total. The number of anilines is 2. The van der Waals surface area contributed by atoms with Gasteiger partial charge in [-0.15, -0.1) is 0 Å². The van der Waals surface area contributed by atoms with Gasteiger partial charge in [-0.05, 0) is 49.9 Å². The number of fused-ring (bicyclic) bond motifs is 4. The van der Waals surface area contributed by atoms with Gasteiger partial charge in [0.15, 0.2) is 0 Å². The van der Waals surface area contributed by atoms with Crippen LogP contribution in [0.1, 0.15) is 37.3 Å². The highest BCUT2D eigenvalue weighted by atomic mass is 16.2. The van der Waals surface area contributed by atoms with Gasteiger partial charge < -0.3 is 10.6 Å². The topological polar surface area (TPSA) is 61.4 Å². The summed E-state index contributed by atoms with van der Waals surface area (Å²) in [5.41, 5.74) is 2.87. The molecule has 3 aliphatic heterocycles. The first-order valence-corrected chi connectivity index (χ1v) is 10.2. The molecule has 2 amide bonds. The third kappa shape index (κ3) is 2.29. The third-order valence-electron chi connectivity index (χ3n) is 6.75. The van der Waals surface area contributed by atoms with Gasteiger partial charge in [0.2, 0.25) is 11.8 Å². The van der Waals surface area contributed by atoms with Crippen LogP contribution in [0.25, 0.3) is 0 Å². The van der Waals surface area contributed by atoms with Gasteiger partial charge in [-0.1, -0.05) is 43.3 Å². The van der Waals surface area contributed by atoms with Gasteiger partial charge in [0, 0.05) is 23.0 Å². The van der Waals surface area contributed by atoms with Gasteiger partial charge in [0.25, 0.3) is 0 Å². The third-order valence-corrected chi connectivity index (χ3v) is 6.75. The monoisotopic (exact) mass is 375 g/mol. The van der Waals surface area contributed by atoms with E-state index in [2.05, 4.69) is 22.5 Å². The molecule has 144 valence electrons. The van der Waals surface area contributed by atoms with Gasteiger partial charge >= 0.3 is 0 Å². The SMILES string of the molecule is CCc1ccccc1NC(=O)C1CC2CCCN2C12C(=O)Nc1ccccc12. The minimum atomic E-state index is -0.886. The molecule has 0 aliphatic carbocycles. The van der Waals surface area contributed by atoms with Crippen molar-refractivity contribution in [2.75, 3.05) is 17.2 Å². The van der Waals surface area contributed by atoms with Crippen molar-refractivity contribution in [1.29, 1.82) is 0 Å². The standard InChI is InChI=1S/C23H25N3O2/c1-2-15-8-3-5-11-19(15)24-21(27)18-14-16-9-7-13-26(16)23(18)17-10-4-6-12-20(17)25-22(23)28/h3-6,8,10-12,16,18H,2,7,9,13-14H2,1H3,(H,24,27)(H,25,28). The van der Waals surface area contributed by atoms with Gasteiger partial charge in [0.1, 0.15) is 5.54 Å². The van der Waals surface area contributed by atoms with Crippen molar-refractivity contribution < 1.29 is 9.59 Å². The largest absolute Gasteiger partial charge is 0.326 e. The highest BCUT2D eigenvalue weighted by Gasteiger charge is 2.65. The molecule has 2 aromatic carbocycles. The molecule has 5 rings (SSSR count). The second-order valence-electron chi connectivity index (χ2n) is 8.04. The summed E-state index contributed by atoms with van der Waals surface area (Å²) >= 11 is 0. The summed E-state index contributed by atoms with van der Waals surface area (Å²) in [4.78, 5) is 29.2.